The van der Waals surface area contributed by atoms with Crippen LogP contribution in [-0.2, 0) is 6.42 Å². The van der Waals surface area contributed by atoms with Crippen molar-refractivity contribution in [2.24, 2.45) is 0 Å². The van der Waals surface area contributed by atoms with Gasteiger partial charge >= 0.3 is 0 Å². The molecule has 0 bridgehead atoms. The molecule has 0 aromatic heterocycles. The molecule has 0 saturated carbocycles. The second-order valence-corrected chi connectivity index (χ2v) is 7.21. The summed E-state index contributed by atoms with van der Waals surface area (Å²) in [6, 6.07) is 25.1. The van der Waals surface area contributed by atoms with E-state index in [1.54, 1.807) is 0 Å². The number of anilines is 1. The van der Waals surface area contributed by atoms with Crippen LogP contribution in [0.25, 0.3) is 0 Å². The second kappa shape index (κ2) is 5.80. The van der Waals surface area contributed by atoms with Gasteiger partial charge < -0.3 is 14.8 Å². The maximum atomic E-state index is 6.45. The van der Waals surface area contributed by atoms with E-state index in [-0.39, 0.29) is 6.04 Å². The highest BCUT2D eigenvalue weighted by Crippen LogP contribution is 2.47. The molecule has 3 aromatic carbocycles. The first-order valence-corrected chi connectivity index (χ1v) is 9.09. The van der Waals surface area contributed by atoms with Crippen molar-refractivity contribution in [2.75, 3.05) is 5.32 Å². The van der Waals surface area contributed by atoms with Gasteiger partial charge in [0.2, 0.25) is 0 Å². The Balaban J connectivity index is 1.53. The molecule has 0 fully saturated rings. The Hall–Kier alpha value is -2.94. The summed E-state index contributed by atoms with van der Waals surface area (Å²) in [6.07, 6.45) is 1.52. The fourth-order valence-corrected chi connectivity index (χ4v) is 3.99. The van der Waals surface area contributed by atoms with Crippen LogP contribution >= 0.6 is 0 Å². The van der Waals surface area contributed by atoms with E-state index in [0.29, 0.717) is 0 Å². The number of fused-ring (bicyclic) bond motifs is 2. The molecule has 3 nitrogen and oxygen atoms in total. The first-order valence-electron chi connectivity index (χ1n) is 9.09. The number of rotatable bonds is 2. The fraction of sp³-hybridized carbons (Fsp3) is 0.217. The minimum absolute atomic E-state index is 0.135. The van der Waals surface area contributed by atoms with Crippen molar-refractivity contribution >= 4 is 5.69 Å². The summed E-state index contributed by atoms with van der Waals surface area (Å²) in [4.78, 5) is 0. The summed E-state index contributed by atoms with van der Waals surface area (Å²) in [7, 11) is 0. The first kappa shape index (κ1) is 15.3. The zero-order chi connectivity index (χ0) is 17.6. The molecule has 3 heteroatoms. The monoisotopic (exact) mass is 343 g/mol. The van der Waals surface area contributed by atoms with Crippen molar-refractivity contribution in [3.63, 3.8) is 0 Å². The van der Waals surface area contributed by atoms with Gasteiger partial charge in [0.05, 0.1) is 12.5 Å². The van der Waals surface area contributed by atoms with E-state index in [1.807, 2.05) is 18.2 Å². The van der Waals surface area contributed by atoms with Crippen LogP contribution in [0.1, 0.15) is 29.2 Å². The predicted molar refractivity (Wildman–Crippen MR) is 103 cm³/mol. The van der Waals surface area contributed by atoms with Gasteiger partial charge in [-0.15, -0.1) is 0 Å². The normalized spacial score (nSPS) is 22.9. The van der Waals surface area contributed by atoms with Crippen LogP contribution in [0, 0.1) is 6.92 Å². The molecule has 3 aromatic rings. The highest BCUT2D eigenvalue weighted by Gasteiger charge is 2.47. The van der Waals surface area contributed by atoms with Crippen LogP contribution in [0.2, 0.25) is 0 Å². The molecule has 0 aliphatic carbocycles. The van der Waals surface area contributed by atoms with Gasteiger partial charge in [-0.05, 0) is 36.8 Å². The fourth-order valence-electron chi connectivity index (χ4n) is 3.99. The van der Waals surface area contributed by atoms with Gasteiger partial charge in [-0.3, -0.25) is 0 Å². The zero-order valence-electron chi connectivity index (χ0n) is 14.7. The van der Waals surface area contributed by atoms with Crippen LogP contribution < -0.4 is 14.8 Å². The van der Waals surface area contributed by atoms with E-state index >= 15 is 0 Å². The SMILES string of the molecule is Cc1ccc2c(c1)O[C@]1(Cc3ccccc3O1)C[C@H]2Nc1ccccc1. The number of benzene rings is 3. The lowest BCUT2D eigenvalue weighted by atomic mass is 9.91. The van der Waals surface area contributed by atoms with E-state index in [9.17, 15) is 0 Å². The van der Waals surface area contributed by atoms with Crippen molar-refractivity contribution in [1.29, 1.82) is 0 Å². The molecule has 130 valence electrons. The molecule has 5 rings (SSSR count). The Bertz CT molecular complexity index is 926. The minimum Gasteiger partial charge on any atom is -0.452 e. The lowest BCUT2D eigenvalue weighted by Crippen LogP contribution is -2.46. The average Bonchev–Trinajstić information content (AvgIpc) is 2.99. The van der Waals surface area contributed by atoms with Gasteiger partial charge in [-0.1, -0.05) is 48.5 Å². The van der Waals surface area contributed by atoms with Gasteiger partial charge in [-0.2, -0.15) is 0 Å². The number of nitrogens with one attached hydrogen (secondary N) is 1. The topological polar surface area (TPSA) is 30.5 Å². The van der Waals surface area contributed by atoms with Crippen LogP contribution in [0.5, 0.6) is 11.5 Å². The third kappa shape index (κ3) is 2.60. The van der Waals surface area contributed by atoms with Crippen LogP contribution in [0.3, 0.4) is 0 Å². The van der Waals surface area contributed by atoms with Crippen molar-refractivity contribution < 1.29 is 9.47 Å². The Morgan fingerprint density at radius 2 is 1.65 bits per heavy atom. The van der Waals surface area contributed by atoms with Crippen molar-refractivity contribution in [3.8, 4) is 11.5 Å². The number of hydrogen-bond donors (Lipinski definition) is 1. The molecule has 1 spiro atoms. The lowest BCUT2D eigenvalue weighted by molar-refractivity contribution is -0.115. The predicted octanol–water partition coefficient (Wildman–Crippen LogP) is 5.26. The molecular weight excluding hydrogens is 322 g/mol. The largest absolute Gasteiger partial charge is 0.452 e. The molecule has 2 atom stereocenters. The van der Waals surface area contributed by atoms with Crippen molar-refractivity contribution in [3.05, 3.63) is 89.5 Å². The Kier molecular flexibility index (Phi) is 3.42. The van der Waals surface area contributed by atoms with Crippen LogP contribution in [-0.4, -0.2) is 5.79 Å². The maximum Gasteiger partial charge on any atom is 0.257 e. The quantitative estimate of drug-likeness (QED) is 0.688. The molecule has 0 amide bonds. The summed E-state index contributed by atoms with van der Waals surface area (Å²) in [5.74, 6) is 1.20. The minimum atomic E-state index is -0.642. The van der Waals surface area contributed by atoms with Gasteiger partial charge in [0.15, 0.2) is 0 Å². The van der Waals surface area contributed by atoms with Crippen molar-refractivity contribution in [2.45, 2.75) is 31.6 Å². The summed E-state index contributed by atoms with van der Waals surface area (Å²) in [6.45, 7) is 2.09. The van der Waals surface area contributed by atoms with E-state index in [4.69, 9.17) is 9.47 Å². The number of ether oxygens (including phenoxy) is 2. The third-order valence-electron chi connectivity index (χ3n) is 5.20. The summed E-state index contributed by atoms with van der Waals surface area (Å²) < 4.78 is 12.8. The molecule has 2 aliphatic rings. The molecule has 2 aliphatic heterocycles. The molecule has 26 heavy (non-hydrogen) atoms. The van der Waals surface area contributed by atoms with E-state index in [2.05, 4.69) is 66.8 Å². The first-order chi connectivity index (χ1) is 12.7. The summed E-state index contributed by atoms with van der Waals surface area (Å²) in [5, 5.41) is 3.67. The maximum absolute atomic E-state index is 6.45. The Labute approximate surface area is 153 Å². The van der Waals surface area contributed by atoms with E-state index in [0.717, 1.165) is 30.0 Å². The van der Waals surface area contributed by atoms with Crippen LogP contribution in [0.15, 0.2) is 72.8 Å². The summed E-state index contributed by atoms with van der Waals surface area (Å²) in [5.41, 5.74) is 4.69. The van der Waals surface area contributed by atoms with Crippen LogP contribution in [0.4, 0.5) is 5.69 Å². The van der Waals surface area contributed by atoms with Gasteiger partial charge in [0, 0.05) is 23.2 Å². The molecule has 0 saturated heterocycles. The van der Waals surface area contributed by atoms with Gasteiger partial charge in [0.1, 0.15) is 11.5 Å². The molecule has 2 heterocycles. The zero-order valence-corrected chi connectivity index (χ0v) is 14.7. The number of hydrogen-bond acceptors (Lipinski definition) is 3. The van der Waals surface area contributed by atoms with Gasteiger partial charge in [0.25, 0.3) is 5.79 Å². The standard InChI is InChI=1S/C23H21NO2/c1-16-11-12-19-20(24-18-8-3-2-4-9-18)15-23(26-22(19)13-16)14-17-7-5-6-10-21(17)25-23/h2-13,20,24H,14-15H2,1H3/t20-,23-/m1/s1. The van der Waals surface area contributed by atoms with E-state index < -0.39 is 5.79 Å². The lowest BCUT2D eigenvalue weighted by Gasteiger charge is -2.39. The molecule has 0 radical (unpaired) electrons. The summed E-state index contributed by atoms with van der Waals surface area (Å²) >= 11 is 0. The highest BCUT2D eigenvalue weighted by atomic mass is 16.7. The van der Waals surface area contributed by atoms with Gasteiger partial charge in [-0.25, -0.2) is 0 Å². The molecular formula is C23H21NO2. The average molecular weight is 343 g/mol. The van der Waals surface area contributed by atoms with E-state index in [1.165, 1.54) is 16.7 Å². The Morgan fingerprint density at radius 3 is 2.50 bits per heavy atom. The third-order valence-corrected chi connectivity index (χ3v) is 5.20. The highest BCUT2D eigenvalue weighted by molar-refractivity contribution is 5.51. The number of para-hydroxylation sites is 2. The smallest absolute Gasteiger partial charge is 0.257 e. The Morgan fingerprint density at radius 1 is 0.885 bits per heavy atom. The molecule has 1 N–H and O–H groups in total. The van der Waals surface area contributed by atoms with Crippen molar-refractivity contribution in [1.82, 2.24) is 0 Å². The second-order valence-electron chi connectivity index (χ2n) is 7.21. The molecule has 0 unspecified atom stereocenters. The number of aryl methyl sites for hydroxylation is 1.